The third-order valence-electron chi connectivity index (χ3n) is 5.13. The van der Waals surface area contributed by atoms with E-state index in [4.69, 9.17) is 9.47 Å². The van der Waals surface area contributed by atoms with Gasteiger partial charge >= 0.3 is 0 Å². The van der Waals surface area contributed by atoms with Crippen molar-refractivity contribution in [3.05, 3.63) is 84.4 Å². The Hall–Kier alpha value is -3.64. The van der Waals surface area contributed by atoms with Gasteiger partial charge in [-0.2, -0.15) is 0 Å². The predicted octanol–water partition coefficient (Wildman–Crippen LogP) is 4.92. The molecule has 0 fully saturated rings. The Morgan fingerprint density at radius 2 is 1.55 bits per heavy atom. The Kier molecular flexibility index (Phi) is 9.03. The van der Waals surface area contributed by atoms with E-state index in [9.17, 15) is 9.59 Å². The van der Waals surface area contributed by atoms with Crippen LogP contribution in [-0.2, 0) is 9.53 Å². The number of ether oxygens (including phenoxy) is 2. The molecule has 0 aliphatic rings. The Labute approximate surface area is 194 Å². The van der Waals surface area contributed by atoms with E-state index in [1.54, 1.807) is 31.4 Å². The number of rotatable bonds is 11. The molecule has 33 heavy (non-hydrogen) atoms. The molecule has 0 spiro atoms. The van der Waals surface area contributed by atoms with Crippen molar-refractivity contribution in [1.82, 2.24) is 5.32 Å². The van der Waals surface area contributed by atoms with Crippen LogP contribution in [0.1, 0.15) is 30.1 Å². The third-order valence-corrected chi connectivity index (χ3v) is 5.13. The van der Waals surface area contributed by atoms with Crippen LogP contribution in [0.25, 0.3) is 11.1 Å². The van der Waals surface area contributed by atoms with Gasteiger partial charge in [0.25, 0.3) is 11.8 Å². The van der Waals surface area contributed by atoms with Crippen molar-refractivity contribution < 1.29 is 19.1 Å². The normalized spacial score (nSPS) is 11.5. The molecule has 3 aromatic carbocycles. The first kappa shape index (κ1) is 24.0. The zero-order valence-corrected chi connectivity index (χ0v) is 19.0. The molecule has 6 nitrogen and oxygen atoms in total. The lowest BCUT2D eigenvalue weighted by Crippen LogP contribution is -2.32. The Balaban J connectivity index is 1.54. The summed E-state index contributed by atoms with van der Waals surface area (Å²) in [5.41, 5.74) is 3.36. The summed E-state index contributed by atoms with van der Waals surface area (Å²) in [5.74, 6) is 0.247. The number of methoxy groups -OCH3 is 1. The van der Waals surface area contributed by atoms with E-state index in [1.807, 2.05) is 49.4 Å². The highest BCUT2D eigenvalue weighted by Gasteiger charge is 2.19. The maximum Gasteiger partial charge on any atom is 0.265 e. The number of amides is 2. The number of carbonyl (C=O) groups is 2. The molecule has 0 heterocycles. The van der Waals surface area contributed by atoms with Gasteiger partial charge in [0.1, 0.15) is 5.75 Å². The van der Waals surface area contributed by atoms with Crippen molar-refractivity contribution in [2.75, 3.05) is 25.6 Å². The average Bonchev–Trinajstić information content (AvgIpc) is 2.86. The van der Waals surface area contributed by atoms with E-state index in [1.165, 1.54) is 0 Å². The first-order valence-corrected chi connectivity index (χ1v) is 11.1. The quantitative estimate of drug-likeness (QED) is 0.410. The molecule has 0 aliphatic heterocycles. The van der Waals surface area contributed by atoms with Gasteiger partial charge in [-0.05, 0) is 60.4 Å². The lowest BCUT2D eigenvalue weighted by Gasteiger charge is -2.18. The van der Waals surface area contributed by atoms with Crippen LogP contribution in [0.3, 0.4) is 0 Å². The molecule has 1 unspecified atom stereocenters. The molecule has 0 saturated carbocycles. The van der Waals surface area contributed by atoms with Crippen molar-refractivity contribution in [3.63, 3.8) is 0 Å². The predicted molar refractivity (Wildman–Crippen MR) is 130 cm³/mol. The average molecular weight is 447 g/mol. The van der Waals surface area contributed by atoms with Gasteiger partial charge in [-0.3, -0.25) is 9.59 Å². The van der Waals surface area contributed by atoms with Crippen LogP contribution in [0.5, 0.6) is 5.75 Å². The molecular formula is C27H30N2O4. The number of benzene rings is 3. The lowest BCUT2D eigenvalue weighted by molar-refractivity contribution is -0.122. The van der Waals surface area contributed by atoms with E-state index in [0.29, 0.717) is 36.6 Å². The molecule has 2 N–H and O–H groups in total. The Bertz CT molecular complexity index is 1020. The SMILES string of the molecule is CCC(Oc1ccc(-c2ccccc2)cc1)C(=O)Nc1ccc(C(=O)NCCCOC)cc1. The number of anilines is 1. The summed E-state index contributed by atoms with van der Waals surface area (Å²) in [6, 6.07) is 24.6. The summed E-state index contributed by atoms with van der Waals surface area (Å²) in [4.78, 5) is 24.9. The summed E-state index contributed by atoms with van der Waals surface area (Å²) in [5, 5.41) is 5.70. The molecule has 6 heteroatoms. The van der Waals surface area contributed by atoms with Gasteiger partial charge in [0.05, 0.1) is 0 Å². The van der Waals surface area contributed by atoms with E-state index >= 15 is 0 Å². The van der Waals surface area contributed by atoms with Gasteiger partial charge in [0.2, 0.25) is 0 Å². The molecule has 0 radical (unpaired) electrons. The summed E-state index contributed by atoms with van der Waals surface area (Å²) < 4.78 is 10.9. The maximum absolute atomic E-state index is 12.7. The van der Waals surface area contributed by atoms with Crippen LogP contribution >= 0.6 is 0 Å². The molecular weight excluding hydrogens is 416 g/mol. The summed E-state index contributed by atoms with van der Waals surface area (Å²) >= 11 is 0. The van der Waals surface area contributed by atoms with Gasteiger partial charge < -0.3 is 20.1 Å². The van der Waals surface area contributed by atoms with Crippen molar-refractivity contribution in [1.29, 1.82) is 0 Å². The molecule has 1 atom stereocenters. The van der Waals surface area contributed by atoms with Crippen LogP contribution in [0.2, 0.25) is 0 Å². The van der Waals surface area contributed by atoms with Gasteiger partial charge in [-0.1, -0.05) is 49.4 Å². The second-order valence-electron chi connectivity index (χ2n) is 7.57. The highest BCUT2D eigenvalue weighted by atomic mass is 16.5. The van der Waals surface area contributed by atoms with Crippen LogP contribution < -0.4 is 15.4 Å². The van der Waals surface area contributed by atoms with E-state index < -0.39 is 6.10 Å². The zero-order chi connectivity index (χ0) is 23.5. The van der Waals surface area contributed by atoms with E-state index in [0.717, 1.165) is 17.5 Å². The molecule has 3 aromatic rings. The maximum atomic E-state index is 12.7. The fraction of sp³-hybridized carbons (Fsp3) is 0.259. The van der Waals surface area contributed by atoms with E-state index in [2.05, 4.69) is 22.8 Å². The molecule has 172 valence electrons. The first-order chi connectivity index (χ1) is 16.1. The van der Waals surface area contributed by atoms with Crippen molar-refractivity contribution >= 4 is 17.5 Å². The summed E-state index contributed by atoms with van der Waals surface area (Å²) in [6.45, 7) is 3.05. The van der Waals surface area contributed by atoms with Crippen LogP contribution in [-0.4, -0.2) is 38.2 Å². The zero-order valence-electron chi connectivity index (χ0n) is 19.0. The van der Waals surface area contributed by atoms with Crippen molar-refractivity contribution in [2.45, 2.75) is 25.9 Å². The van der Waals surface area contributed by atoms with Gasteiger partial charge in [-0.25, -0.2) is 0 Å². The van der Waals surface area contributed by atoms with Gasteiger partial charge in [0, 0.05) is 31.5 Å². The van der Waals surface area contributed by atoms with E-state index in [-0.39, 0.29) is 11.8 Å². The molecule has 2 amide bonds. The van der Waals surface area contributed by atoms with Crippen molar-refractivity contribution in [3.8, 4) is 16.9 Å². The fourth-order valence-corrected chi connectivity index (χ4v) is 3.29. The van der Waals surface area contributed by atoms with Gasteiger partial charge in [-0.15, -0.1) is 0 Å². The minimum Gasteiger partial charge on any atom is -0.481 e. The minimum atomic E-state index is -0.628. The Morgan fingerprint density at radius 1 is 0.879 bits per heavy atom. The summed E-state index contributed by atoms with van der Waals surface area (Å²) in [6.07, 6.45) is 0.647. The Morgan fingerprint density at radius 3 is 2.18 bits per heavy atom. The standard InChI is InChI=1S/C27H30N2O4/c1-3-25(33-24-16-12-21(13-17-24)20-8-5-4-6-9-20)27(31)29-23-14-10-22(11-15-23)26(30)28-18-7-19-32-2/h4-6,8-17,25H,3,7,18-19H2,1-2H3,(H,28,30)(H,29,31). The largest absolute Gasteiger partial charge is 0.481 e. The smallest absolute Gasteiger partial charge is 0.265 e. The molecule has 3 rings (SSSR count). The number of nitrogens with one attached hydrogen (secondary N) is 2. The minimum absolute atomic E-state index is 0.155. The fourth-order valence-electron chi connectivity index (χ4n) is 3.29. The molecule has 0 bridgehead atoms. The number of carbonyl (C=O) groups excluding carboxylic acids is 2. The van der Waals surface area contributed by atoms with Crippen molar-refractivity contribution in [2.24, 2.45) is 0 Å². The lowest BCUT2D eigenvalue weighted by atomic mass is 10.1. The molecule has 0 aromatic heterocycles. The van der Waals surface area contributed by atoms with Crippen LogP contribution in [0.4, 0.5) is 5.69 Å². The third kappa shape index (κ3) is 7.19. The second-order valence-corrected chi connectivity index (χ2v) is 7.57. The topological polar surface area (TPSA) is 76.7 Å². The van der Waals surface area contributed by atoms with Crippen LogP contribution in [0, 0.1) is 0 Å². The van der Waals surface area contributed by atoms with Crippen LogP contribution in [0.15, 0.2) is 78.9 Å². The molecule has 0 saturated heterocycles. The highest BCUT2D eigenvalue weighted by molar-refractivity contribution is 5.97. The molecule has 0 aliphatic carbocycles. The first-order valence-electron chi connectivity index (χ1n) is 11.1. The van der Waals surface area contributed by atoms with Gasteiger partial charge in [0.15, 0.2) is 6.10 Å². The highest BCUT2D eigenvalue weighted by Crippen LogP contribution is 2.23. The monoisotopic (exact) mass is 446 g/mol. The summed E-state index contributed by atoms with van der Waals surface area (Å²) in [7, 11) is 1.63. The second kappa shape index (κ2) is 12.4. The number of hydrogen-bond acceptors (Lipinski definition) is 4. The number of hydrogen-bond donors (Lipinski definition) is 2.